The molecule has 0 heterocycles. The summed E-state index contributed by atoms with van der Waals surface area (Å²) >= 11 is 0. The van der Waals surface area contributed by atoms with Gasteiger partial charge in [0.2, 0.25) is 0 Å². The van der Waals surface area contributed by atoms with Crippen molar-refractivity contribution in [1.82, 2.24) is 5.32 Å². The number of ether oxygens (including phenoxy) is 1. The first kappa shape index (κ1) is 14.2. The van der Waals surface area contributed by atoms with E-state index in [0.717, 1.165) is 19.4 Å². The number of nitrogens with one attached hydrogen (secondary N) is 1. The first-order valence-electron chi connectivity index (χ1n) is 6.47. The maximum atomic E-state index is 5.60. The summed E-state index contributed by atoms with van der Waals surface area (Å²) in [4.78, 5) is 0. The Balaban J connectivity index is 2.44. The molecule has 0 amide bonds. The molecule has 2 heteroatoms. The molecule has 0 bridgehead atoms. The van der Waals surface area contributed by atoms with Crippen LogP contribution in [0.4, 0.5) is 0 Å². The Morgan fingerprint density at radius 2 is 1.94 bits per heavy atom. The molecule has 1 atom stereocenters. The summed E-state index contributed by atoms with van der Waals surface area (Å²) < 4.78 is 5.60. The highest BCUT2D eigenvalue weighted by atomic mass is 16.5. The SMILES string of the molecule is CNC(CCOC(C)C)Cc1ccccc1C. The first-order valence-corrected chi connectivity index (χ1v) is 6.47. The third kappa shape index (κ3) is 5.33. The Kier molecular flexibility index (Phi) is 6.23. The number of benzene rings is 1. The van der Waals surface area contributed by atoms with E-state index in [1.165, 1.54) is 11.1 Å². The van der Waals surface area contributed by atoms with Crippen molar-refractivity contribution in [3.05, 3.63) is 35.4 Å². The van der Waals surface area contributed by atoms with Crippen molar-refractivity contribution in [3.63, 3.8) is 0 Å². The molecule has 0 aromatic heterocycles. The lowest BCUT2D eigenvalue weighted by Crippen LogP contribution is -2.29. The molecular formula is C15H25NO. The largest absolute Gasteiger partial charge is 0.379 e. The van der Waals surface area contributed by atoms with Crippen molar-refractivity contribution >= 4 is 0 Å². The highest BCUT2D eigenvalue weighted by Gasteiger charge is 2.09. The number of likely N-dealkylation sites (N-methyl/N-ethyl adjacent to an activating group) is 1. The maximum Gasteiger partial charge on any atom is 0.0518 e. The molecular weight excluding hydrogens is 210 g/mol. The molecule has 2 nitrogen and oxygen atoms in total. The van der Waals surface area contributed by atoms with E-state index in [9.17, 15) is 0 Å². The van der Waals surface area contributed by atoms with Crippen LogP contribution in [0.1, 0.15) is 31.4 Å². The molecule has 0 radical (unpaired) electrons. The van der Waals surface area contributed by atoms with Gasteiger partial charge in [-0.15, -0.1) is 0 Å². The number of aryl methyl sites for hydroxylation is 1. The minimum atomic E-state index is 0.325. The summed E-state index contributed by atoms with van der Waals surface area (Å²) in [5, 5.41) is 3.37. The molecule has 1 aromatic carbocycles. The van der Waals surface area contributed by atoms with Crippen molar-refractivity contribution in [2.75, 3.05) is 13.7 Å². The smallest absolute Gasteiger partial charge is 0.0518 e. The molecule has 96 valence electrons. The fourth-order valence-corrected chi connectivity index (χ4v) is 1.90. The number of rotatable bonds is 7. The van der Waals surface area contributed by atoms with E-state index in [1.807, 2.05) is 7.05 Å². The third-order valence-corrected chi connectivity index (χ3v) is 3.05. The monoisotopic (exact) mass is 235 g/mol. The quantitative estimate of drug-likeness (QED) is 0.784. The standard InChI is InChI=1S/C15H25NO/c1-12(2)17-10-9-15(16-4)11-14-8-6-5-7-13(14)3/h5-8,12,15-16H,9-11H2,1-4H3. The van der Waals surface area contributed by atoms with E-state index in [4.69, 9.17) is 4.74 Å². The molecule has 17 heavy (non-hydrogen) atoms. The summed E-state index contributed by atoms with van der Waals surface area (Å²) in [6.45, 7) is 7.16. The summed E-state index contributed by atoms with van der Waals surface area (Å²) in [5.41, 5.74) is 2.80. The highest BCUT2D eigenvalue weighted by molar-refractivity contribution is 5.26. The average molecular weight is 235 g/mol. The molecule has 1 unspecified atom stereocenters. The summed E-state index contributed by atoms with van der Waals surface area (Å²) in [6, 6.07) is 9.08. The van der Waals surface area contributed by atoms with E-state index >= 15 is 0 Å². The topological polar surface area (TPSA) is 21.3 Å². The molecule has 0 aliphatic rings. The van der Waals surface area contributed by atoms with Gasteiger partial charge in [0.05, 0.1) is 6.10 Å². The van der Waals surface area contributed by atoms with Crippen LogP contribution < -0.4 is 5.32 Å². The minimum absolute atomic E-state index is 0.325. The fourth-order valence-electron chi connectivity index (χ4n) is 1.90. The zero-order valence-corrected chi connectivity index (χ0v) is 11.5. The van der Waals surface area contributed by atoms with Crippen LogP contribution in [-0.2, 0) is 11.2 Å². The van der Waals surface area contributed by atoms with Crippen molar-refractivity contribution in [2.24, 2.45) is 0 Å². The van der Waals surface area contributed by atoms with Crippen LogP contribution >= 0.6 is 0 Å². The Labute approximate surface area is 105 Å². The van der Waals surface area contributed by atoms with E-state index in [0.29, 0.717) is 12.1 Å². The lowest BCUT2D eigenvalue weighted by atomic mass is 9.99. The normalized spacial score (nSPS) is 13.0. The zero-order chi connectivity index (χ0) is 12.7. The predicted octanol–water partition coefficient (Wildman–Crippen LogP) is 2.94. The molecule has 0 spiro atoms. The molecule has 1 rings (SSSR count). The van der Waals surface area contributed by atoms with Gasteiger partial charge < -0.3 is 10.1 Å². The van der Waals surface area contributed by atoms with Crippen molar-refractivity contribution in [3.8, 4) is 0 Å². The Hall–Kier alpha value is -0.860. The van der Waals surface area contributed by atoms with Crippen molar-refractivity contribution in [1.29, 1.82) is 0 Å². The molecule has 0 saturated carbocycles. The highest BCUT2D eigenvalue weighted by Crippen LogP contribution is 2.11. The number of hydrogen-bond acceptors (Lipinski definition) is 2. The van der Waals surface area contributed by atoms with Crippen LogP contribution in [0.5, 0.6) is 0 Å². The Bertz CT molecular complexity index is 322. The summed E-state index contributed by atoms with van der Waals surface area (Å²) in [7, 11) is 2.03. The number of hydrogen-bond donors (Lipinski definition) is 1. The first-order chi connectivity index (χ1) is 8.13. The van der Waals surface area contributed by atoms with E-state index < -0.39 is 0 Å². The van der Waals surface area contributed by atoms with Gasteiger partial charge in [0.15, 0.2) is 0 Å². The van der Waals surface area contributed by atoms with Gasteiger partial charge in [-0.2, -0.15) is 0 Å². The Morgan fingerprint density at radius 3 is 2.53 bits per heavy atom. The fraction of sp³-hybridized carbons (Fsp3) is 0.600. The van der Waals surface area contributed by atoms with Gasteiger partial charge in [-0.1, -0.05) is 24.3 Å². The van der Waals surface area contributed by atoms with Crippen LogP contribution in [0, 0.1) is 6.92 Å². The van der Waals surface area contributed by atoms with E-state index in [-0.39, 0.29) is 0 Å². The van der Waals surface area contributed by atoms with Gasteiger partial charge >= 0.3 is 0 Å². The lowest BCUT2D eigenvalue weighted by Gasteiger charge is -2.18. The van der Waals surface area contributed by atoms with Crippen LogP contribution in [0.2, 0.25) is 0 Å². The zero-order valence-electron chi connectivity index (χ0n) is 11.5. The van der Waals surface area contributed by atoms with Gasteiger partial charge in [-0.05, 0) is 51.8 Å². The molecule has 0 fully saturated rings. The molecule has 1 aromatic rings. The van der Waals surface area contributed by atoms with Crippen LogP contribution in [0.15, 0.2) is 24.3 Å². The van der Waals surface area contributed by atoms with Crippen molar-refractivity contribution in [2.45, 2.75) is 45.8 Å². The second kappa shape index (κ2) is 7.46. The van der Waals surface area contributed by atoms with Gasteiger partial charge in [0.25, 0.3) is 0 Å². The second-order valence-electron chi connectivity index (χ2n) is 4.82. The van der Waals surface area contributed by atoms with E-state index in [1.54, 1.807) is 0 Å². The molecule has 0 aliphatic heterocycles. The second-order valence-corrected chi connectivity index (χ2v) is 4.82. The molecule has 0 saturated heterocycles. The third-order valence-electron chi connectivity index (χ3n) is 3.05. The van der Waals surface area contributed by atoms with Crippen LogP contribution in [0.25, 0.3) is 0 Å². The minimum Gasteiger partial charge on any atom is -0.379 e. The molecule has 1 N–H and O–H groups in total. The van der Waals surface area contributed by atoms with Crippen LogP contribution in [-0.4, -0.2) is 25.8 Å². The van der Waals surface area contributed by atoms with Crippen molar-refractivity contribution < 1.29 is 4.74 Å². The van der Waals surface area contributed by atoms with Gasteiger partial charge in [-0.25, -0.2) is 0 Å². The molecule has 0 aliphatic carbocycles. The van der Waals surface area contributed by atoms with E-state index in [2.05, 4.69) is 50.4 Å². The van der Waals surface area contributed by atoms with Gasteiger partial charge in [0.1, 0.15) is 0 Å². The van der Waals surface area contributed by atoms with Crippen LogP contribution in [0.3, 0.4) is 0 Å². The average Bonchev–Trinajstić information content (AvgIpc) is 2.30. The van der Waals surface area contributed by atoms with Gasteiger partial charge in [0, 0.05) is 12.6 Å². The summed E-state index contributed by atoms with van der Waals surface area (Å²) in [6.07, 6.45) is 2.46. The van der Waals surface area contributed by atoms with Gasteiger partial charge in [-0.3, -0.25) is 0 Å². The maximum absolute atomic E-state index is 5.60. The Morgan fingerprint density at radius 1 is 1.24 bits per heavy atom. The summed E-state index contributed by atoms with van der Waals surface area (Å²) in [5.74, 6) is 0. The predicted molar refractivity (Wildman–Crippen MR) is 73.4 cm³/mol. The lowest BCUT2D eigenvalue weighted by molar-refractivity contribution is 0.0720.